The highest BCUT2D eigenvalue weighted by Crippen LogP contribution is 2.14. The Morgan fingerprint density at radius 2 is 1.48 bits per heavy atom. The molecule has 3 nitrogen and oxygen atoms in total. The van der Waals surface area contributed by atoms with Crippen molar-refractivity contribution in [3.8, 4) is 0 Å². The lowest BCUT2D eigenvalue weighted by Crippen LogP contribution is -2.19. The van der Waals surface area contributed by atoms with Crippen molar-refractivity contribution in [3.63, 3.8) is 0 Å². The minimum absolute atomic E-state index is 0.0951. The second kappa shape index (κ2) is 12.8. The summed E-state index contributed by atoms with van der Waals surface area (Å²) in [6.07, 6.45) is 18.0. The Balaban J connectivity index is 1.97. The highest BCUT2D eigenvalue weighted by Gasteiger charge is 2.06. The molecule has 0 aliphatic heterocycles. The van der Waals surface area contributed by atoms with E-state index >= 15 is 0 Å². The van der Waals surface area contributed by atoms with E-state index in [2.05, 4.69) is 17.5 Å². The maximum Gasteiger partial charge on any atom is 0.240 e. The Morgan fingerprint density at radius 1 is 0.905 bits per heavy atom. The van der Waals surface area contributed by atoms with Gasteiger partial charge in [-0.05, 0) is 32.1 Å². The van der Waals surface area contributed by atoms with Crippen LogP contribution >= 0.6 is 0 Å². The molecule has 1 rings (SSSR count). The quantitative estimate of drug-likeness (QED) is 0.329. The van der Waals surface area contributed by atoms with E-state index in [1.165, 1.54) is 76.3 Å². The summed E-state index contributed by atoms with van der Waals surface area (Å²) in [5.41, 5.74) is 3.94. The van der Waals surface area contributed by atoms with E-state index in [0.29, 0.717) is 6.42 Å². The molecule has 0 unspecified atom stereocenters. The van der Waals surface area contributed by atoms with Gasteiger partial charge in [0.05, 0.1) is 0 Å². The monoisotopic (exact) mass is 294 g/mol. The fourth-order valence-electron chi connectivity index (χ4n) is 2.87. The van der Waals surface area contributed by atoms with Crippen LogP contribution in [0, 0.1) is 0 Å². The number of nitrogens with zero attached hydrogens (tertiary/aromatic N) is 1. The first-order valence-electron chi connectivity index (χ1n) is 9.17. The Morgan fingerprint density at radius 3 is 2.10 bits per heavy atom. The van der Waals surface area contributed by atoms with E-state index in [0.717, 1.165) is 19.3 Å². The van der Waals surface area contributed by atoms with Crippen LogP contribution in [0.3, 0.4) is 0 Å². The maximum atomic E-state index is 11.7. The molecule has 0 heterocycles. The fraction of sp³-hybridized carbons (Fsp3) is 0.889. The number of hydrogen-bond donors (Lipinski definition) is 1. The summed E-state index contributed by atoms with van der Waals surface area (Å²) < 4.78 is 0. The van der Waals surface area contributed by atoms with Gasteiger partial charge in [0, 0.05) is 12.1 Å². The van der Waals surface area contributed by atoms with E-state index in [1.807, 2.05) is 0 Å². The lowest BCUT2D eigenvalue weighted by molar-refractivity contribution is -0.121. The van der Waals surface area contributed by atoms with Gasteiger partial charge in [-0.15, -0.1) is 0 Å². The lowest BCUT2D eigenvalue weighted by atomic mass is 10.1. The third kappa shape index (κ3) is 10.5. The molecule has 3 heteroatoms. The van der Waals surface area contributed by atoms with Gasteiger partial charge in [-0.25, -0.2) is 5.43 Å². The molecular weight excluding hydrogens is 260 g/mol. The molecular formula is C18H34N2O. The number of amides is 1. The summed E-state index contributed by atoms with van der Waals surface area (Å²) in [6.45, 7) is 2.25. The second-order valence-corrected chi connectivity index (χ2v) is 6.35. The van der Waals surface area contributed by atoms with Gasteiger partial charge in [0.25, 0.3) is 0 Å². The summed E-state index contributed by atoms with van der Waals surface area (Å²) >= 11 is 0. The smallest absolute Gasteiger partial charge is 0.240 e. The highest BCUT2D eigenvalue weighted by molar-refractivity contribution is 5.86. The molecule has 0 aromatic heterocycles. The summed E-state index contributed by atoms with van der Waals surface area (Å²) in [5.74, 6) is 0.0951. The van der Waals surface area contributed by atoms with E-state index in [4.69, 9.17) is 0 Å². The van der Waals surface area contributed by atoms with Gasteiger partial charge in [-0.3, -0.25) is 4.79 Å². The van der Waals surface area contributed by atoms with Crippen LogP contribution in [0.5, 0.6) is 0 Å². The molecule has 0 aromatic carbocycles. The van der Waals surface area contributed by atoms with E-state index in [9.17, 15) is 4.79 Å². The number of carbonyl (C=O) groups excluding carboxylic acids is 1. The van der Waals surface area contributed by atoms with Crippen molar-refractivity contribution in [2.45, 2.75) is 103 Å². The van der Waals surface area contributed by atoms with Crippen molar-refractivity contribution in [3.05, 3.63) is 0 Å². The molecule has 0 spiro atoms. The van der Waals surface area contributed by atoms with Gasteiger partial charge < -0.3 is 0 Å². The zero-order valence-electron chi connectivity index (χ0n) is 14.0. The second-order valence-electron chi connectivity index (χ2n) is 6.35. The summed E-state index contributed by atoms with van der Waals surface area (Å²) in [5, 5.41) is 4.31. The number of unbranched alkanes of at least 4 members (excludes halogenated alkanes) is 7. The molecule has 21 heavy (non-hydrogen) atoms. The van der Waals surface area contributed by atoms with Crippen molar-refractivity contribution in [2.24, 2.45) is 5.10 Å². The van der Waals surface area contributed by atoms with Crippen LogP contribution in [0.25, 0.3) is 0 Å². The maximum absolute atomic E-state index is 11.7. The van der Waals surface area contributed by atoms with Crippen LogP contribution in [0.1, 0.15) is 103 Å². The molecule has 0 saturated heterocycles. The van der Waals surface area contributed by atoms with Crippen molar-refractivity contribution in [1.82, 2.24) is 5.43 Å². The molecule has 1 amide bonds. The highest BCUT2D eigenvalue weighted by atomic mass is 16.2. The molecule has 1 N–H and O–H groups in total. The number of rotatable bonds is 10. The van der Waals surface area contributed by atoms with Gasteiger partial charge in [-0.1, -0.05) is 64.7 Å². The molecule has 0 bridgehead atoms. The number of hydrazone groups is 1. The summed E-state index contributed by atoms with van der Waals surface area (Å²) in [4.78, 5) is 11.7. The van der Waals surface area contributed by atoms with Crippen LogP contribution in [-0.4, -0.2) is 11.6 Å². The first kappa shape index (κ1) is 18.2. The van der Waals surface area contributed by atoms with Crippen molar-refractivity contribution in [2.75, 3.05) is 0 Å². The largest absolute Gasteiger partial charge is 0.273 e. The first-order valence-corrected chi connectivity index (χ1v) is 9.17. The number of carbonyl (C=O) groups is 1. The van der Waals surface area contributed by atoms with Gasteiger partial charge in [0.2, 0.25) is 5.91 Å². The Hall–Kier alpha value is -0.860. The van der Waals surface area contributed by atoms with Gasteiger partial charge in [-0.2, -0.15) is 5.10 Å². The standard InChI is InChI=1S/C18H34N2O/c1-2-3-4-5-6-7-8-13-16-18(21)20-19-17-14-11-9-10-12-15-17/h2-16H2,1H3,(H,20,21). The predicted octanol–water partition coefficient (Wildman–Crippen LogP) is 5.34. The molecule has 122 valence electrons. The van der Waals surface area contributed by atoms with Gasteiger partial charge in [0.1, 0.15) is 0 Å². The Labute approximate surface area is 131 Å². The van der Waals surface area contributed by atoms with E-state index in [1.54, 1.807) is 0 Å². The van der Waals surface area contributed by atoms with Gasteiger partial charge in [0.15, 0.2) is 0 Å². The van der Waals surface area contributed by atoms with Crippen LogP contribution in [-0.2, 0) is 4.79 Å². The minimum Gasteiger partial charge on any atom is -0.273 e. The topological polar surface area (TPSA) is 41.5 Å². The van der Waals surface area contributed by atoms with Crippen LogP contribution in [0.4, 0.5) is 0 Å². The number of nitrogens with one attached hydrogen (secondary N) is 1. The fourth-order valence-corrected chi connectivity index (χ4v) is 2.87. The van der Waals surface area contributed by atoms with Gasteiger partial charge >= 0.3 is 0 Å². The van der Waals surface area contributed by atoms with Crippen molar-refractivity contribution in [1.29, 1.82) is 0 Å². The molecule has 1 saturated carbocycles. The van der Waals surface area contributed by atoms with Crippen LogP contribution in [0.2, 0.25) is 0 Å². The normalized spacial score (nSPS) is 15.6. The molecule has 0 radical (unpaired) electrons. The SMILES string of the molecule is CCCCCCCCCCC(=O)NN=C1CCCCCC1. The average molecular weight is 294 g/mol. The zero-order valence-corrected chi connectivity index (χ0v) is 14.0. The average Bonchev–Trinajstić information content (AvgIpc) is 2.76. The molecule has 1 aliphatic rings. The molecule has 0 aromatic rings. The number of hydrogen-bond acceptors (Lipinski definition) is 2. The summed E-state index contributed by atoms with van der Waals surface area (Å²) in [7, 11) is 0. The van der Waals surface area contributed by atoms with Crippen LogP contribution < -0.4 is 5.43 Å². The molecule has 1 aliphatic carbocycles. The Bertz CT molecular complexity index is 290. The van der Waals surface area contributed by atoms with Crippen molar-refractivity contribution < 1.29 is 4.79 Å². The third-order valence-electron chi connectivity index (χ3n) is 4.28. The van der Waals surface area contributed by atoms with Crippen molar-refractivity contribution >= 4 is 11.6 Å². The third-order valence-corrected chi connectivity index (χ3v) is 4.28. The van der Waals surface area contributed by atoms with E-state index < -0.39 is 0 Å². The molecule has 0 atom stereocenters. The predicted molar refractivity (Wildman–Crippen MR) is 90.5 cm³/mol. The minimum atomic E-state index is 0.0951. The first-order chi connectivity index (χ1) is 10.3. The van der Waals surface area contributed by atoms with E-state index in [-0.39, 0.29) is 5.91 Å². The lowest BCUT2D eigenvalue weighted by Gasteiger charge is -2.04. The van der Waals surface area contributed by atoms with Crippen LogP contribution in [0.15, 0.2) is 5.10 Å². The summed E-state index contributed by atoms with van der Waals surface area (Å²) in [6, 6.07) is 0. The molecule has 1 fully saturated rings. The zero-order chi connectivity index (χ0) is 15.2. The Kier molecular flexibility index (Phi) is 11.1.